The molecular weight excluding hydrogens is 324 g/mol. The zero-order chi connectivity index (χ0) is 17.7. The van der Waals surface area contributed by atoms with E-state index in [1.807, 2.05) is 0 Å². The summed E-state index contributed by atoms with van der Waals surface area (Å²) in [6.07, 6.45) is -0.251. The van der Waals surface area contributed by atoms with Gasteiger partial charge in [0.1, 0.15) is 6.10 Å². The largest absolute Gasteiger partial charge is 0.394 e. The third-order valence-electron chi connectivity index (χ3n) is 2.64. The molecule has 0 atom stereocenters. The lowest BCUT2D eigenvalue weighted by Gasteiger charge is -2.18. The van der Waals surface area contributed by atoms with Crippen molar-refractivity contribution in [3.63, 3.8) is 0 Å². The van der Waals surface area contributed by atoms with Gasteiger partial charge in [0, 0.05) is 0 Å². The SMILES string of the molecule is OCCOCCOCC(COCCOCCO)OCCOCCO. The van der Waals surface area contributed by atoms with Crippen LogP contribution in [0.15, 0.2) is 0 Å². The highest BCUT2D eigenvalue weighted by atomic mass is 16.6. The fourth-order valence-electron chi connectivity index (χ4n) is 1.58. The molecule has 0 aromatic carbocycles. The fourth-order valence-corrected chi connectivity index (χ4v) is 1.58. The summed E-state index contributed by atoms with van der Waals surface area (Å²) in [7, 11) is 0. The summed E-state index contributed by atoms with van der Waals surface area (Å²) in [5.74, 6) is 0. The topological polar surface area (TPSA) is 116 Å². The molecule has 0 aromatic rings. The molecule has 0 aliphatic heterocycles. The fraction of sp³-hybridized carbons (Fsp3) is 1.00. The minimum absolute atomic E-state index is 0.00817. The van der Waals surface area contributed by atoms with Crippen molar-refractivity contribution < 1.29 is 43.7 Å². The van der Waals surface area contributed by atoms with Gasteiger partial charge in [0.2, 0.25) is 0 Å². The van der Waals surface area contributed by atoms with Crippen LogP contribution in [-0.4, -0.2) is 114 Å². The smallest absolute Gasteiger partial charge is 0.104 e. The average molecular weight is 356 g/mol. The van der Waals surface area contributed by atoms with Gasteiger partial charge in [-0.05, 0) is 0 Å². The van der Waals surface area contributed by atoms with E-state index >= 15 is 0 Å². The van der Waals surface area contributed by atoms with Crippen LogP contribution in [-0.2, 0) is 28.4 Å². The molecule has 0 radical (unpaired) electrons. The summed E-state index contributed by atoms with van der Waals surface area (Å²) in [5.41, 5.74) is 0. The highest BCUT2D eigenvalue weighted by molar-refractivity contribution is 4.56. The van der Waals surface area contributed by atoms with Crippen LogP contribution in [0.25, 0.3) is 0 Å². The molecular formula is C15H32O9. The molecule has 0 amide bonds. The number of aliphatic hydroxyl groups is 3. The van der Waals surface area contributed by atoms with Crippen molar-refractivity contribution in [1.29, 1.82) is 0 Å². The standard InChI is InChI=1S/C15H32O9/c16-1-4-19-7-9-22-13-15(24-12-11-21-6-3-18)14-23-10-8-20-5-2-17/h15-18H,1-14H2. The number of hydrogen-bond acceptors (Lipinski definition) is 9. The van der Waals surface area contributed by atoms with Crippen LogP contribution in [0.3, 0.4) is 0 Å². The second kappa shape index (κ2) is 20.7. The predicted octanol–water partition coefficient (Wildman–Crippen LogP) is -1.57. The van der Waals surface area contributed by atoms with Gasteiger partial charge in [0.25, 0.3) is 0 Å². The molecule has 0 spiro atoms. The van der Waals surface area contributed by atoms with Crippen LogP contribution in [0.5, 0.6) is 0 Å². The van der Waals surface area contributed by atoms with Gasteiger partial charge in [-0.25, -0.2) is 0 Å². The maximum absolute atomic E-state index is 8.62. The summed E-state index contributed by atoms with van der Waals surface area (Å²) >= 11 is 0. The molecule has 9 nitrogen and oxygen atoms in total. The third kappa shape index (κ3) is 18.0. The van der Waals surface area contributed by atoms with Crippen molar-refractivity contribution in [2.75, 3.05) is 92.5 Å². The quantitative estimate of drug-likeness (QED) is 0.223. The lowest BCUT2D eigenvalue weighted by molar-refractivity contribution is -0.0850. The van der Waals surface area contributed by atoms with Gasteiger partial charge in [-0.3, -0.25) is 0 Å². The zero-order valence-electron chi connectivity index (χ0n) is 14.3. The van der Waals surface area contributed by atoms with Crippen molar-refractivity contribution >= 4 is 0 Å². The van der Waals surface area contributed by atoms with Crippen molar-refractivity contribution in [3.8, 4) is 0 Å². The van der Waals surface area contributed by atoms with E-state index in [-0.39, 0.29) is 32.5 Å². The summed E-state index contributed by atoms with van der Waals surface area (Å²) in [6.45, 7) is 3.91. The highest BCUT2D eigenvalue weighted by Gasteiger charge is 2.10. The molecule has 0 heterocycles. The van der Waals surface area contributed by atoms with Gasteiger partial charge in [0.05, 0.1) is 92.5 Å². The minimum Gasteiger partial charge on any atom is -0.394 e. The van der Waals surface area contributed by atoms with Crippen LogP contribution in [0.1, 0.15) is 0 Å². The van der Waals surface area contributed by atoms with Crippen LogP contribution >= 0.6 is 0 Å². The van der Waals surface area contributed by atoms with Crippen molar-refractivity contribution in [2.45, 2.75) is 6.10 Å². The molecule has 9 heteroatoms. The number of aliphatic hydroxyl groups excluding tert-OH is 3. The molecule has 0 bridgehead atoms. The molecule has 0 fully saturated rings. The predicted molar refractivity (Wildman–Crippen MR) is 85.1 cm³/mol. The van der Waals surface area contributed by atoms with Gasteiger partial charge in [-0.2, -0.15) is 0 Å². The first-order valence-corrected chi connectivity index (χ1v) is 8.18. The Morgan fingerprint density at radius 1 is 0.458 bits per heavy atom. The average Bonchev–Trinajstić information content (AvgIpc) is 2.60. The first-order valence-electron chi connectivity index (χ1n) is 8.18. The second-order valence-electron chi connectivity index (χ2n) is 4.65. The van der Waals surface area contributed by atoms with E-state index in [2.05, 4.69) is 0 Å². The van der Waals surface area contributed by atoms with Crippen LogP contribution in [0, 0.1) is 0 Å². The van der Waals surface area contributed by atoms with E-state index in [1.54, 1.807) is 0 Å². The van der Waals surface area contributed by atoms with E-state index in [1.165, 1.54) is 0 Å². The van der Waals surface area contributed by atoms with Gasteiger partial charge >= 0.3 is 0 Å². The molecule has 0 saturated carbocycles. The van der Waals surface area contributed by atoms with Crippen LogP contribution < -0.4 is 0 Å². The first-order chi connectivity index (χ1) is 11.8. The molecule has 0 aliphatic rings. The number of rotatable bonds is 20. The normalized spacial score (nSPS) is 11.5. The highest BCUT2D eigenvalue weighted by Crippen LogP contribution is 1.97. The molecule has 0 aliphatic carbocycles. The van der Waals surface area contributed by atoms with Crippen molar-refractivity contribution in [1.82, 2.24) is 0 Å². The third-order valence-corrected chi connectivity index (χ3v) is 2.64. The van der Waals surface area contributed by atoms with E-state index in [0.717, 1.165) is 0 Å². The summed E-state index contributed by atoms with van der Waals surface area (Å²) in [6, 6.07) is 0. The molecule has 146 valence electrons. The zero-order valence-corrected chi connectivity index (χ0v) is 14.3. The monoisotopic (exact) mass is 356 g/mol. The minimum atomic E-state index is -0.251. The Bertz CT molecular complexity index is 215. The summed E-state index contributed by atoms with van der Waals surface area (Å²) in [4.78, 5) is 0. The van der Waals surface area contributed by atoms with Crippen LogP contribution in [0.4, 0.5) is 0 Å². The maximum atomic E-state index is 8.62. The van der Waals surface area contributed by atoms with Gasteiger partial charge in [-0.1, -0.05) is 0 Å². The lowest BCUT2D eigenvalue weighted by Crippen LogP contribution is -2.29. The molecule has 0 saturated heterocycles. The molecule has 0 unspecified atom stereocenters. The number of hydrogen-bond donors (Lipinski definition) is 3. The molecule has 0 rings (SSSR count). The number of ether oxygens (including phenoxy) is 6. The Morgan fingerprint density at radius 3 is 1.25 bits per heavy atom. The Morgan fingerprint density at radius 2 is 0.833 bits per heavy atom. The Labute approximate surface area is 143 Å². The molecule has 24 heavy (non-hydrogen) atoms. The maximum Gasteiger partial charge on any atom is 0.104 e. The van der Waals surface area contributed by atoms with Gasteiger partial charge in [0.15, 0.2) is 0 Å². The molecule has 3 N–H and O–H groups in total. The van der Waals surface area contributed by atoms with Gasteiger partial charge in [-0.15, -0.1) is 0 Å². The van der Waals surface area contributed by atoms with E-state index < -0.39 is 0 Å². The van der Waals surface area contributed by atoms with E-state index in [0.29, 0.717) is 66.1 Å². The Balaban J connectivity index is 3.74. The summed E-state index contributed by atoms with van der Waals surface area (Å²) in [5, 5.41) is 25.8. The van der Waals surface area contributed by atoms with E-state index in [4.69, 9.17) is 43.7 Å². The Kier molecular flexibility index (Phi) is 20.4. The first kappa shape index (κ1) is 23.6. The summed E-state index contributed by atoms with van der Waals surface area (Å²) < 4.78 is 31.9. The second-order valence-corrected chi connectivity index (χ2v) is 4.65. The van der Waals surface area contributed by atoms with Gasteiger partial charge < -0.3 is 43.7 Å². The van der Waals surface area contributed by atoms with E-state index in [9.17, 15) is 0 Å². The van der Waals surface area contributed by atoms with Crippen molar-refractivity contribution in [3.05, 3.63) is 0 Å². The Hall–Kier alpha value is -0.360. The van der Waals surface area contributed by atoms with Crippen LogP contribution in [0.2, 0.25) is 0 Å². The van der Waals surface area contributed by atoms with Crippen molar-refractivity contribution in [2.24, 2.45) is 0 Å². The molecule has 0 aromatic heterocycles. The lowest BCUT2D eigenvalue weighted by atomic mass is 10.4.